The van der Waals surface area contributed by atoms with Gasteiger partial charge in [0.25, 0.3) is 5.22 Å². The number of para-hydroxylation sites is 2. The lowest BCUT2D eigenvalue weighted by Crippen LogP contribution is -2.30. The summed E-state index contributed by atoms with van der Waals surface area (Å²) in [5.41, 5.74) is 7.13. The van der Waals surface area contributed by atoms with Gasteiger partial charge in [-0.05, 0) is 25.0 Å². The molecule has 0 bridgehead atoms. The van der Waals surface area contributed by atoms with Crippen LogP contribution < -0.4 is 5.73 Å². The van der Waals surface area contributed by atoms with E-state index in [1.54, 1.807) is 11.8 Å². The van der Waals surface area contributed by atoms with Crippen LogP contribution >= 0.6 is 11.8 Å². The molecule has 0 aliphatic heterocycles. The first-order chi connectivity index (χ1) is 9.49. The lowest BCUT2D eigenvalue weighted by Gasteiger charge is -2.22. The molecule has 0 amide bonds. The molecular weight excluding hydrogens is 270 g/mol. The van der Waals surface area contributed by atoms with E-state index in [1.807, 2.05) is 38.1 Å². The fourth-order valence-electron chi connectivity index (χ4n) is 1.88. The number of unbranched alkanes of at least 4 members (excludes halogenated alkanes) is 1. The van der Waals surface area contributed by atoms with E-state index in [0.717, 1.165) is 41.3 Å². The average molecular weight is 291 g/mol. The van der Waals surface area contributed by atoms with Crippen molar-refractivity contribution in [3.63, 3.8) is 0 Å². The summed E-state index contributed by atoms with van der Waals surface area (Å²) in [7, 11) is 0. The minimum atomic E-state index is -0.192. The molecule has 0 fully saturated rings. The number of oxazole rings is 1. The van der Waals surface area contributed by atoms with Crippen LogP contribution in [0.25, 0.3) is 11.1 Å². The van der Waals surface area contributed by atoms with Crippen LogP contribution in [0.5, 0.6) is 0 Å². The molecular formula is C15H21N3OS. The van der Waals surface area contributed by atoms with Gasteiger partial charge in [0.1, 0.15) is 5.52 Å². The Morgan fingerprint density at radius 3 is 2.80 bits per heavy atom. The van der Waals surface area contributed by atoms with Gasteiger partial charge in [-0.25, -0.2) is 4.98 Å². The van der Waals surface area contributed by atoms with Crippen molar-refractivity contribution in [2.75, 3.05) is 5.75 Å². The van der Waals surface area contributed by atoms with Gasteiger partial charge in [-0.2, -0.15) is 0 Å². The molecule has 3 N–H and O–H groups in total. The Balaban J connectivity index is 1.75. The van der Waals surface area contributed by atoms with Crippen LogP contribution in [-0.2, 0) is 0 Å². The van der Waals surface area contributed by atoms with Gasteiger partial charge < -0.3 is 10.2 Å². The monoisotopic (exact) mass is 291 g/mol. The Bertz CT molecular complexity index is 559. The smallest absolute Gasteiger partial charge is 0.256 e. The van der Waals surface area contributed by atoms with Crippen molar-refractivity contribution in [3.05, 3.63) is 24.3 Å². The van der Waals surface area contributed by atoms with Crippen LogP contribution in [0.1, 0.15) is 33.1 Å². The van der Waals surface area contributed by atoms with Gasteiger partial charge in [-0.15, -0.1) is 0 Å². The van der Waals surface area contributed by atoms with Gasteiger partial charge in [-0.1, -0.05) is 44.2 Å². The molecule has 0 atom stereocenters. The third-order valence-corrected chi connectivity index (χ3v) is 4.34. The van der Waals surface area contributed by atoms with E-state index in [4.69, 9.17) is 15.6 Å². The predicted molar refractivity (Wildman–Crippen MR) is 84.3 cm³/mol. The molecule has 0 spiro atoms. The van der Waals surface area contributed by atoms with Crippen LogP contribution in [0.2, 0.25) is 0 Å². The number of nitrogens with one attached hydrogen (secondary N) is 1. The number of aromatic nitrogens is 1. The maximum Gasteiger partial charge on any atom is 0.256 e. The second-order valence-electron chi connectivity index (χ2n) is 5.55. The molecule has 0 unspecified atom stereocenters. The molecule has 0 aliphatic rings. The van der Waals surface area contributed by atoms with E-state index in [9.17, 15) is 0 Å². The van der Waals surface area contributed by atoms with Crippen LogP contribution in [0.3, 0.4) is 0 Å². The number of thioether (sulfide) groups is 1. The average Bonchev–Trinajstić information content (AvgIpc) is 2.80. The van der Waals surface area contributed by atoms with E-state index < -0.39 is 0 Å². The van der Waals surface area contributed by atoms with Gasteiger partial charge in [0.15, 0.2) is 5.58 Å². The third kappa shape index (κ3) is 3.76. The number of benzene rings is 1. The highest BCUT2D eigenvalue weighted by Gasteiger charge is 2.20. The molecule has 2 aromatic rings. The summed E-state index contributed by atoms with van der Waals surface area (Å²) >= 11 is 1.64. The zero-order valence-corrected chi connectivity index (χ0v) is 12.8. The number of nitrogens with two attached hydrogens (primary N) is 1. The normalized spacial score (nSPS) is 11.9. The molecule has 1 aromatic carbocycles. The topological polar surface area (TPSA) is 75.9 Å². The summed E-state index contributed by atoms with van der Waals surface area (Å²) < 4.78 is 5.65. The second-order valence-corrected chi connectivity index (χ2v) is 6.60. The van der Waals surface area contributed by atoms with Crippen LogP contribution in [-0.4, -0.2) is 16.6 Å². The van der Waals surface area contributed by atoms with Crippen LogP contribution in [0.15, 0.2) is 33.9 Å². The molecule has 0 saturated carbocycles. The molecule has 1 aromatic heterocycles. The highest BCUT2D eigenvalue weighted by atomic mass is 32.2. The lowest BCUT2D eigenvalue weighted by atomic mass is 9.86. The maximum atomic E-state index is 7.52. The Hall–Kier alpha value is -1.49. The standard InChI is InChI=1S/C15H21N3OS/c1-15(2,13(16)17)9-5-6-10-20-14-18-11-7-3-4-8-12(11)19-14/h3-4,7-8H,5-6,9-10H2,1-2H3,(H3,16,17). The number of rotatable bonds is 7. The molecule has 4 nitrogen and oxygen atoms in total. The molecule has 5 heteroatoms. The number of nitrogens with zero attached hydrogens (tertiary/aromatic N) is 1. The SMILES string of the molecule is CC(C)(CCCCSc1nc2ccccc2o1)C(=N)N. The molecule has 20 heavy (non-hydrogen) atoms. The Morgan fingerprint density at radius 2 is 2.10 bits per heavy atom. The Kier molecular flexibility index (Phi) is 4.70. The number of fused-ring (bicyclic) bond motifs is 1. The van der Waals surface area contributed by atoms with Crippen LogP contribution in [0.4, 0.5) is 0 Å². The Morgan fingerprint density at radius 1 is 1.35 bits per heavy atom. The van der Waals surface area contributed by atoms with E-state index in [0.29, 0.717) is 0 Å². The highest BCUT2D eigenvalue weighted by Crippen LogP contribution is 2.26. The van der Waals surface area contributed by atoms with Gasteiger partial charge in [0, 0.05) is 11.2 Å². The number of amidine groups is 1. The van der Waals surface area contributed by atoms with E-state index in [2.05, 4.69) is 4.98 Å². The van der Waals surface area contributed by atoms with Crippen molar-refractivity contribution in [3.8, 4) is 0 Å². The van der Waals surface area contributed by atoms with Gasteiger partial charge in [0.2, 0.25) is 0 Å². The van der Waals surface area contributed by atoms with E-state index in [1.165, 1.54) is 0 Å². The molecule has 0 aliphatic carbocycles. The van der Waals surface area contributed by atoms with Crippen molar-refractivity contribution in [2.24, 2.45) is 11.1 Å². The van der Waals surface area contributed by atoms with Crippen molar-refractivity contribution in [1.82, 2.24) is 4.98 Å². The first kappa shape index (κ1) is 14.9. The lowest BCUT2D eigenvalue weighted by molar-refractivity contribution is 0.447. The van der Waals surface area contributed by atoms with Crippen molar-refractivity contribution in [1.29, 1.82) is 5.41 Å². The predicted octanol–water partition coefficient (Wildman–Crippen LogP) is 4.05. The summed E-state index contributed by atoms with van der Waals surface area (Å²) in [5, 5.41) is 8.25. The Labute approximate surface area is 123 Å². The fourth-order valence-corrected chi connectivity index (χ4v) is 2.71. The minimum absolute atomic E-state index is 0.192. The van der Waals surface area contributed by atoms with Crippen molar-refractivity contribution >= 4 is 28.7 Å². The zero-order chi connectivity index (χ0) is 14.6. The van der Waals surface area contributed by atoms with Gasteiger partial charge in [-0.3, -0.25) is 5.41 Å². The summed E-state index contributed by atoms with van der Waals surface area (Å²) in [5.74, 6) is 1.24. The maximum absolute atomic E-state index is 7.52. The van der Waals surface area contributed by atoms with Gasteiger partial charge >= 0.3 is 0 Å². The van der Waals surface area contributed by atoms with E-state index >= 15 is 0 Å². The third-order valence-electron chi connectivity index (χ3n) is 3.43. The quantitative estimate of drug-likeness (QED) is 0.349. The van der Waals surface area contributed by atoms with Gasteiger partial charge in [0.05, 0.1) is 5.84 Å². The zero-order valence-electron chi connectivity index (χ0n) is 12.0. The summed E-state index contributed by atoms with van der Waals surface area (Å²) in [6.45, 7) is 4.03. The first-order valence-electron chi connectivity index (χ1n) is 6.82. The molecule has 108 valence electrons. The largest absolute Gasteiger partial charge is 0.431 e. The molecule has 0 radical (unpaired) electrons. The summed E-state index contributed by atoms with van der Waals surface area (Å²) in [4.78, 5) is 4.43. The second kappa shape index (κ2) is 6.31. The minimum Gasteiger partial charge on any atom is -0.431 e. The molecule has 0 saturated heterocycles. The molecule has 2 rings (SSSR count). The number of hydrogen-bond donors (Lipinski definition) is 2. The van der Waals surface area contributed by atoms with Crippen molar-refractivity contribution < 1.29 is 4.42 Å². The van der Waals surface area contributed by atoms with Crippen molar-refractivity contribution in [2.45, 2.75) is 38.3 Å². The highest BCUT2D eigenvalue weighted by molar-refractivity contribution is 7.99. The summed E-state index contributed by atoms with van der Waals surface area (Å²) in [6, 6.07) is 7.80. The summed E-state index contributed by atoms with van der Waals surface area (Å²) in [6.07, 6.45) is 3.07. The fraction of sp³-hybridized carbons (Fsp3) is 0.467. The first-order valence-corrected chi connectivity index (χ1v) is 7.80. The molecule has 1 heterocycles. The van der Waals surface area contributed by atoms with Crippen LogP contribution in [0, 0.1) is 10.8 Å². The number of hydrogen-bond acceptors (Lipinski definition) is 4. The van der Waals surface area contributed by atoms with E-state index in [-0.39, 0.29) is 11.3 Å².